The van der Waals surface area contributed by atoms with Gasteiger partial charge in [-0.2, -0.15) is 5.21 Å². The van der Waals surface area contributed by atoms with Crippen molar-refractivity contribution in [3.05, 3.63) is 52.6 Å². The number of carbonyl (C=O) groups is 1. The minimum Gasteiger partial charge on any atom is -0.489 e. The molecule has 0 saturated heterocycles. The van der Waals surface area contributed by atoms with Gasteiger partial charge in [0.15, 0.2) is 0 Å². The zero-order valence-electron chi connectivity index (χ0n) is 16.4. The smallest absolute Gasteiger partial charge is 0.272 e. The minimum atomic E-state index is -0.987. The molecule has 0 radical (unpaired) electrons. The number of aliphatic hydroxyl groups is 2. The number of nitrogens with one attached hydrogen (secondary N) is 2. The highest BCUT2D eigenvalue weighted by Gasteiger charge is 2.19. The van der Waals surface area contributed by atoms with Crippen LogP contribution in [-0.4, -0.2) is 60.6 Å². The summed E-state index contributed by atoms with van der Waals surface area (Å²) in [6, 6.07) is 12.5. The fourth-order valence-electron chi connectivity index (χ4n) is 3.23. The molecule has 0 unspecified atom stereocenters. The lowest BCUT2D eigenvalue weighted by Crippen LogP contribution is -2.21. The maximum Gasteiger partial charge on any atom is 0.272 e. The highest BCUT2D eigenvalue weighted by atomic mass is 79.9. The van der Waals surface area contributed by atoms with Crippen molar-refractivity contribution in [1.82, 2.24) is 25.2 Å². The van der Waals surface area contributed by atoms with E-state index in [9.17, 15) is 9.90 Å². The summed E-state index contributed by atoms with van der Waals surface area (Å²) in [5, 5.41) is 36.3. The highest BCUT2D eigenvalue weighted by molar-refractivity contribution is 9.10. The van der Waals surface area contributed by atoms with Crippen LogP contribution in [0.1, 0.15) is 10.5 Å². The minimum absolute atomic E-state index is 0.0602. The molecule has 2 aromatic heterocycles. The second-order valence-electron chi connectivity index (χ2n) is 6.81. The van der Waals surface area contributed by atoms with Crippen LogP contribution in [0.25, 0.3) is 22.3 Å². The highest BCUT2D eigenvalue weighted by Crippen LogP contribution is 2.31. The van der Waals surface area contributed by atoms with Crippen molar-refractivity contribution >= 4 is 38.4 Å². The van der Waals surface area contributed by atoms with Gasteiger partial charge in [-0.3, -0.25) is 4.79 Å². The molecular weight excluding hydrogens is 468 g/mol. The first-order valence-electron chi connectivity index (χ1n) is 9.33. The number of H-pyrrole nitrogens is 1. The number of anilines is 1. The Balaban J connectivity index is 1.66. The van der Waals surface area contributed by atoms with Gasteiger partial charge in [-0.15, -0.1) is 10.2 Å². The summed E-state index contributed by atoms with van der Waals surface area (Å²) < 4.78 is 8.18. The molecule has 1 amide bonds. The SMILES string of the molecule is Cn1c(C(=O)Nc2ccc(Br)cc2-c2nn[nH]n2)cc2cccc(OC[C@H](O)CO)c21. The molecular formula is C20H19BrN6O4. The topological polar surface area (TPSA) is 138 Å². The summed E-state index contributed by atoms with van der Waals surface area (Å²) in [5.74, 6) is 0.529. The summed E-state index contributed by atoms with van der Waals surface area (Å²) in [6.45, 7) is -0.456. The Morgan fingerprint density at radius 2 is 2.16 bits per heavy atom. The van der Waals surface area contributed by atoms with Crippen molar-refractivity contribution < 1.29 is 19.7 Å². The Labute approximate surface area is 185 Å². The molecule has 4 rings (SSSR count). The van der Waals surface area contributed by atoms with E-state index in [1.807, 2.05) is 6.07 Å². The predicted octanol–water partition coefficient (Wildman–Crippen LogP) is 2.11. The number of benzene rings is 2. The van der Waals surface area contributed by atoms with E-state index in [1.165, 1.54) is 0 Å². The Kier molecular flexibility index (Phi) is 5.98. The summed E-state index contributed by atoms with van der Waals surface area (Å²) in [6.07, 6.45) is -0.987. The number of ether oxygens (including phenoxy) is 1. The molecule has 10 nitrogen and oxygen atoms in total. The van der Waals surface area contributed by atoms with Crippen molar-refractivity contribution in [2.45, 2.75) is 6.10 Å². The van der Waals surface area contributed by atoms with Crippen molar-refractivity contribution in [1.29, 1.82) is 0 Å². The number of amides is 1. The maximum absolute atomic E-state index is 13.1. The summed E-state index contributed by atoms with van der Waals surface area (Å²) in [7, 11) is 1.76. The third-order valence-electron chi connectivity index (χ3n) is 4.71. The maximum atomic E-state index is 13.1. The molecule has 2 heterocycles. The molecule has 2 aromatic carbocycles. The van der Waals surface area contributed by atoms with Crippen LogP contribution in [0.15, 0.2) is 46.9 Å². The molecule has 0 aliphatic rings. The molecule has 31 heavy (non-hydrogen) atoms. The monoisotopic (exact) mass is 486 g/mol. The van der Waals surface area contributed by atoms with E-state index >= 15 is 0 Å². The summed E-state index contributed by atoms with van der Waals surface area (Å²) in [4.78, 5) is 13.1. The van der Waals surface area contributed by atoms with E-state index in [0.717, 1.165) is 9.86 Å². The Morgan fingerprint density at radius 1 is 1.32 bits per heavy atom. The molecule has 0 aliphatic carbocycles. The van der Waals surface area contributed by atoms with E-state index in [-0.39, 0.29) is 12.5 Å². The van der Waals surface area contributed by atoms with Gasteiger partial charge in [-0.05, 0) is 35.5 Å². The number of carbonyl (C=O) groups excluding carboxylic acids is 1. The predicted molar refractivity (Wildman–Crippen MR) is 117 cm³/mol. The molecule has 0 saturated carbocycles. The van der Waals surface area contributed by atoms with Crippen LogP contribution in [0.2, 0.25) is 0 Å². The number of aromatic nitrogens is 5. The molecule has 11 heteroatoms. The number of fused-ring (bicyclic) bond motifs is 1. The van der Waals surface area contributed by atoms with Crippen LogP contribution in [0, 0.1) is 0 Å². The van der Waals surface area contributed by atoms with Crippen LogP contribution in [0.5, 0.6) is 5.75 Å². The van der Waals surface area contributed by atoms with Crippen molar-refractivity contribution in [2.75, 3.05) is 18.5 Å². The van der Waals surface area contributed by atoms with E-state index in [2.05, 4.69) is 41.9 Å². The van der Waals surface area contributed by atoms with Gasteiger partial charge in [0.25, 0.3) is 5.91 Å². The van der Waals surface area contributed by atoms with Crippen molar-refractivity contribution in [2.24, 2.45) is 7.05 Å². The van der Waals surface area contributed by atoms with Crippen LogP contribution in [-0.2, 0) is 7.05 Å². The molecule has 0 spiro atoms. The van der Waals surface area contributed by atoms with Crippen molar-refractivity contribution in [3.63, 3.8) is 0 Å². The average Bonchev–Trinajstić information content (AvgIpc) is 3.42. The van der Waals surface area contributed by atoms with Gasteiger partial charge in [-0.1, -0.05) is 28.1 Å². The van der Waals surface area contributed by atoms with Gasteiger partial charge in [0.05, 0.1) is 17.8 Å². The van der Waals surface area contributed by atoms with Gasteiger partial charge in [-0.25, -0.2) is 0 Å². The standard InChI is InChI=1S/C20H19BrN6O4/c1-27-16(7-11-3-2-4-17(18(11)27)31-10-13(29)9-28)20(30)22-15-6-5-12(21)8-14(15)19-23-25-26-24-19/h2-8,13,28-29H,9-10H2,1H3,(H,22,30)(H,23,24,25,26)/t13-/m1/s1. The van der Waals surface area contributed by atoms with E-state index in [4.69, 9.17) is 9.84 Å². The van der Waals surface area contributed by atoms with E-state index in [0.29, 0.717) is 34.0 Å². The number of aliphatic hydroxyl groups excluding tert-OH is 2. The molecule has 160 valence electrons. The number of rotatable bonds is 7. The molecule has 4 aromatic rings. The third kappa shape index (κ3) is 4.29. The fraction of sp³-hybridized carbons (Fsp3) is 0.200. The van der Waals surface area contributed by atoms with E-state index < -0.39 is 12.7 Å². The molecule has 0 aliphatic heterocycles. The number of aromatic amines is 1. The first-order chi connectivity index (χ1) is 15.0. The number of hydrogen-bond donors (Lipinski definition) is 4. The summed E-state index contributed by atoms with van der Waals surface area (Å²) in [5.41, 5.74) is 2.25. The number of para-hydroxylation sites is 1. The van der Waals surface area contributed by atoms with E-state index in [1.54, 1.807) is 48.0 Å². The third-order valence-corrected chi connectivity index (χ3v) is 5.20. The Morgan fingerprint density at radius 3 is 2.90 bits per heavy atom. The lowest BCUT2D eigenvalue weighted by molar-refractivity contribution is 0.0540. The van der Waals surface area contributed by atoms with Gasteiger partial charge in [0, 0.05) is 22.5 Å². The molecule has 0 fully saturated rings. The molecule has 0 bridgehead atoms. The van der Waals surface area contributed by atoms with Crippen LogP contribution >= 0.6 is 15.9 Å². The summed E-state index contributed by atoms with van der Waals surface area (Å²) >= 11 is 3.42. The van der Waals surface area contributed by atoms with Gasteiger partial charge in [0.1, 0.15) is 24.2 Å². The Bertz CT molecular complexity index is 1220. The number of aryl methyl sites for hydroxylation is 1. The van der Waals surface area contributed by atoms with Gasteiger partial charge >= 0.3 is 0 Å². The number of hydrogen-bond acceptors (Lipinski definition) is 7. The lowest BCUT2D eigenvalue weighted by Gasteiger charge is -2.13. The first-order valence-corrected chi connectivity index (χ1v) is 10.1. The number of nitrogens with zero attached hydrogens (tertiary/aromatic N) is 4. The van der Waals surface area contributed by atoms with Crippen LogP contribution in [0.4, 0.5) is 5.69 Å². The first kappa shape index (κ1) is 21.0. The quantitative estimate of drug-likeness (QED) is 0.313. The van der Waals surface area contributed by atoms with Crippen LogP contribution in [0.3, 0.4) is 0 Å². The van der Waals surface area contributed by atoms with Crippen LogP contribution < -0.4 is 10.1 Å². The lowest BCUT2D eigenvalue weighted by atomic mass is 10.1. The van der Waals surface area contributed by atoms with Gasteiger partial charge in [0.2, 0.25) is 5.82 Å². The fourth-order valence-corrected chi connectivity index (χ4v) is 3.59. The van der Waals surface area contributed by atoms with Gasteiger partial charge < -0.3 is 24.8 Å². The Hall–Kier alpha value is -3.28. The average molecular weight is 487 g/mol. The largest absolute Gasteiger partial charge is 0.489 e. The van der Waals surface area contributed by atoms with Crippen molar-refractivity contribution in [3.8, 4) is 17.1 Å². The molecule has 4 N–H and O–H groups in total. The molecule has 1 atom stereocenters. The number of tetrazole rings is 1. The number of halogens is 1. The second kappa shape index (κ2) is 8.84. The zero-order valence-corrected chi connectivity index (χ0v) is 18.0. The second-order valence-corrected chi connectivity index (χ2v) is 7.73. The zero-order chi connectivity index (χ0) is 22.0. The normalized spacial score (nSPS) is 12.1.